The highest BCUT2D eigenvalue weighted by molar-refractivity contribution is 7.97. The molecule has 0 N–H and O–H groups in total. The molecule has 3 aromatic rings. The lowest BCUT2D eigenvalue weighted by atomic mass is 9.87. The van der Waals surface area contributed by atoms with E-state index in [0.717, 1.165) is 0 Å². The van der Waals surface area contributed by atoms with E-state index < -0.39 is 27.5 Å². The van der Waals surface area contributed by atoms with Gasteiger partial charge in [-0.15, -0.1) is 0 Å². The lowest BCUT2D eigenvalue weighted by molar-refractivity contribution is -0.333. The van der Waals surface area contributed by atoms with Gasteiger partial charge < -0.3 is 4.55 Å². The van der Waals surface area contributed by atoms with Crippen molar-refractivity contribution in [3.63, 3.8) is 0 Å². The first kappa shape index (κ1) is 38.6. The summed E-state index contributed by atoms with van der Waals surface area (Å²) in [6, 6.07) is 27.8. The van der Waals surface area contributed by atoms with E-state index in [-0.39, 0.29) is 27.1 Å². The zero-order valence-corrected chi connectivity index (χ0v) is 28.2. The van der Waals surface area contributed by atoms with E-state index in [2.05, 4.69) is 135 Å². The molecule has 0 spiro atoms. The van der Waals surface area contributed by atoms with Gasteiger partial charge in [-0.2, -0.15) is 30.7 Å². The van der Waals surface area contributed by atoms with E-state index >= 15 is 0 Å². The molecule has 0 radical (unpaired) electrons. The van der Waals surface area contributed by atoms with Crippen LogP contribution in [0.5, 0.6) is 0 Å². The summed E-state index contributed by atoms with van der Waals surface area (Å²) in [6.07, 6.45) is -6.83. The molecule has 0 amide bonds. The van der Waals surface area contributed by atoms with E-state index in [1.807, 2.05) is 0 Å². The quantitative estimate of drug-likeness (QED) is 0.153. The van der Waals surface area contributed by atoms with Gasteiger partial charge >= 0.3 is 17.4 Å². The van der Waals surface area contributed by atoms with E-state index in [0.29, 0.717) is 0 Å². The van der Waals surface area contributed by atoms with Gasteiger partial charge in [0.25, 0.3) is 0 Å². The molecule has 0 fully saturated rings. The Bertz CT molecular complexity index is 1390. The smallest absolute Gasteiger partial charge is 0.461 e. The van der Waals surface area contributed by atoms with Crippen molar-refractivity contribution in [3.8, 4) is 0 Å². The van der Waals surface area contributed by atoms with Gasteiger partial charge in [0, 0.05) is 0 Å². The van der Waals surface area contributed by atoms with E-state index in [9.17, 15) is 43.7 Å². The van der Waals surface area contributed by atoms with Crippen LogP contribution in [0.1, 0.15) is 79.0 Å². The first-order valence-electron chi connectivity index (χ1n) is 13.9. The number of benzene rings is 3. The van der Waals surface area contributed by atoms with Crippen LogP contribution in [0.4, 0.5) is 30.7 Å². The predicted molar refractivity (Wildman–Crippen MR) is 163 cm³/mol. The molecule has 0 atom stereocenters. The Morgan fingerprint density at radius 3 is 0.844 bits per heavy atom. The molecule has 3 nitrogen and oxygen atoms in total. The van der Waals surface area contributed by atoms with Crippen molar-refractivity contribution in [2.75, 3.05) is 0 Å². The molecule has 0 aliphatic carbocycles. The Labute approximate surface area is 264 Å². The van der Waals surface area contributed by atoms with Gasteiger partial charge in [-0.05, 0) is 69.3 Å². The summed E-state index contributed by atoms with van der Waals surface area (Å²) >= 11 is 0. The van der Waals surface area contributed by atoms with Crippen molar-refractivity contribution in [2.24, 2.45) is 0 Å². The molecule has 0 unspecified atom stereocenters. The van der Waals surface area contributed by atoms with Crippen LogP contribution in [0.25, 0.3) is 0 Å². The second-order valence-corrected chi connectivity index (χ2v) is 17.1. The Morgan fingerprint density at radius 2 is 0.711 bits per heavy atom. The molecule has 45 heavy (non-hydrogen) atoms. The van der Waals surface area contributed by atoms with Gasteiger partial charge in [-0.3, -0.25) is 0 Å². The topological polar surface area (TPSA) is 57.2 Å². The second-order valence-electron chi connectivity index (χ2n) is 13.7. The number of rotatable bonds is 5. The Morgan fingerprint density at radius 1 is 0.489 bits per heavy atom. The van der Waals surface area contributed by atoms with E-state index in [4.69, 9.17) is 0 Å². The van der Waals surface area contributed by atoms with Crippen molar-refractivity contribution >= 4 is 21.0 Å². The number of alkyl halides is 7. The first-order chi connectivity index (χ1) is 20.0. The average molecular weight is 681 g/mol. The normalized spacial score (nSPS) is 13.8. The van der Waals surface area contributed by atoms with Crippen LogP contribution >= 0.6 is 0 Å². The Kier molecular flexibility index (Phi) is 11.1. The summed E-state index contributed by atoms with van der Waals surface area (Å²) in [5.41, 5.74) is 4.64. The predicted octanol–water partition coefficient (Wildman–Crippen LogP) is 10.00. The number of halogens is 7. The maximum absolute atomic E-state index is 11.8. The lowest BCUT2D eigenvalue weighted by Gasteiger charge is -2.29. The Balaban J connectivity index is 0.000000426. The van der Waals surface area contributed by atoms with Gasteiger partial charge in [-0.1, -0.05) is 98.7 Å². The fourth-order valence-electron chi connectivity index (χ4n) is 4.00. The molecule has 0 heterocycles. The fraction of sp³-hybridized carbons (Fsp3) is 0.455. The zero-order valence-electron chi connectivity index (χ0n) is 26.6. The average Bonchev–Trinajstić information content (AvgIpc) is 2.87. The zero-order chi connectivity index (χ0) is 35.0. The summed E-state index contributed by atoms with van der Waals surface area (Å²) < 4.78 is 109. The van der Waals surface area contributed by atoms with Gasteiger partial charge in [0.05, 0.1) is 10.9 Å². The highest BCUT2D eigenvalue weighted by atomic mass is 32.2. The summed E-state index contributed by atoms with van der Waals surface area (Å²) in [6.45, 7) is 20.5. The third-order valence-corrected chi connectivity index (χ3v) is 10.0. The largest absolute Gasteiger partial charge is 0.743 e. The fourth-order valence-corrected chi connectivity index (χ4v) is 6.47. The molecule has 0 bridgehead atoms. The lowest BCUT2D eigenvalue weighted by Crippen LogP contribution is -2.55. The molecule has 250 valence electrons. The van der Waals surface area contributed by atoms with Crippen LogP contribution in [0.3, 0.4) is 0 Å². The minimum absolute atomic E-state index is 0.120. The standard InChI is InChI=1S/C30H39S.C3HF7O3S/c1-28(2,3)22-10-16-25(17-11-22)31(26-18-12-23(13-19-26)29(4,5)6)27-20-14-24(15-21-27)30(7,8)9;4-1(5,2(6,7)8)3(9,10)14(11,12)13/h10-21H,1-9H3;(H,11,12,13)/q+1;/p-1. The third-order valence-electron chi connectivity index (χ3n) is 6.90. The molecule has 12 heteroatoms. The Hall–Kier alpha value is -2.57. The van der Waals surface area contributed by atoms with Crippen LogP contribution in [-0.4, -0.2) is 30.3 Å². The van der Waals surface area contributed by atoms with E-state index in [1.54, 1.807) is 0 Å². The van der Waals surface area contributed by atoms with Crippen LogP contribution in [0, 0.1) is 0 Å². The highest BCUT2D eigenvalue weighted by Crippen LogP contribution is 2.48. The minimum Gasteiger partial charge on any atom is -0.743 e. The van der Waals surface area contributed by atoms with Crippen LogP contribution < -0.4 is 0 Å². The first-order valence-corrected chi connectivity index (χ1v) is 16.5. The third kappa shape index (κ3) is 9.04. The number of hydrogen-bond acceptors (Lipinski definition) is 3. The van der Waals surface area contributed by atoms with Crippen molar-refractivity contribution in [1.29, 1.82) is 0 Å². The summed E-state index contributed by atoms with van der Waals surface area (Å²) in [5.74, 6) is -6.92. The summed E-state index contributed by atoms with van der Waals surface area (Å²) in [7, 11) is -7.22. The molecule has 0 saturated heterocycles. The molecule has 3 aromatic carbocycles. The highest BCUT2D eigenvalue weighted by Gasteiger charge is 2.76. The monoisotopic (exact) mass is 680 g/mol. The molecule has 0 aliphatic heterocycles. The van der Waals surface area contributed by atoms with Crippen LogP contribution in [-0.2, 0) is 37.3 Å². The van der Waals surface area contributed by atoms with Crippen molar-refractivity contribution in [3.05, 3.63) is 89.5 Å². The van der Waals surface area contributed by atoms with Gasteiger partial charge in [-0.25, -0.2) is 8.42 Å². The van der Waals surface area contributed by atoms with Crippen molar-refractivity contribution in [1.82, 2.24) is 0 Å². The molecule has 0 saturated carbocycles. The van der Waals surface area contributed by atoms with Crippen LogP contribution in [0.2, 0.25) is 0 Å². The van der Waals surface area contributed by atoms with Gasteiger partial charge in [0.2, 0.25) is 0 Å². The van der Waals surface area contributed by atoms with Gasteiger partial charge in [0.1, 0.15) is 0 Å². The molecule has 3 rings (SSSR count). The number of hydrogen-bond donors (Lipinski definition) is 0. The molecular weight excluding hydrogens is 641 g/mol. The SMILES string of the molecule is CC(C)(C)c1ccc([S+](c2ccc(C(C)(C)C)cc2)c2ccc(C(C)(C)C)cc2)cc1.O=S(=O)([O-])C(F)(F)C(F)(F)C(F)(F)F. The molecule has 0 aliphatic rings. The molecule has 0 aromatic heterocycles. The molecular formula is C33H39F7O3S2. The maximum Gasteiger partial charge on any atom is 0.461 e. The minimum atomic E-state index is -7.10. The summed E-state index contributed by atoms with van der Waals surface area (Å²) in [4.78, 5) is 4.13. The van der Waals surface area contributed by atoms with Crippen molar-refractivity contribution < 1.29 is 43.7 Å². The van der Waals surface area contributed by atoms with E-state index in [1.165, 1.54) is 31.4 Å². The van der Waals surface area contributed by atoms with Crippen molar-refractivity contribution in [2.45, 2.75) is 111 Å². The second kappa shape index (κ2) is 12.9. The maximum atomic E-state index is 11.8. The van der Waals surface area contributed by atoms with Crippen LogP contribution in [0.15, 0.2) is 87.5 Å². The van der Waals surface area contributed by atoms with Gasteiger partial charge in [0.15, 0.2) is 24.8 Å². The summed E-state index contributed by atoms with van der Waals surface area (Å²) in [5, 5.41) is -6.72.